The Hall–Kier alpha value is -1.92. The quantitative estimate of drug-likeness (QED) is 0.634. The fourth-order valence-electron chi connectivity index (χ4n) is 1.19. The van der Waals surface area contributed by atoms with Crippen molar-refractivity contribution in [2.75, 3.05) is 24.7 Å². The predicted molar refractivity (Wildman–Crippen MR) is 56.7 cm³/mol. The highest BCUT2D eigenvalue weighted by molar-refractivity contribution is 5.96. The molecule has 0 atom stereocenters. The number of nitrogens with two attached hydrogens (primary N) is 1. The van der Waals surface area contributed by atoms with E-state index in [-0.39, 0.29) is 16.9 Å². The van der Waals surface area contributed by atoms with Crippen LogP contribution in [0.5, 0.6) is 0 Å². The highest BCUT2D eigenvalue weighted by Gasteiger charge is 2.27. The van der Waals surface area contributed by atoms with Crippen LogP contribution in [0.3, 0.4) is 0 Å². The van der Waals surface area contributed by atoms with Crippen LogP contribution < -0.4 is 11.1 Å². The van der Waals surface area contributed by atoms with Gasteiger partial charge in [-0.25, -0.2) is 4.79 Å². The maximum atomic E-state index is 12.0. The van der Waals surface area contributed by atoms with Gasteiger partial charge in [0.2, 0.25) is 0 Å². The maximum absolute atomic E-state index is 12.0. The third-order valence-electron chi connectivity index (χ3n) is 1.93. The smallest absolute Gasteiger partial charge is 0.405 e. The second-order valence-electron chi connectivity index (χ2n) is 3.27. The summed E-state index contributed by atoms with van der Waals surface area (Å²) < 4.78 is 40.5. The number of halogens is 3. The molecule has 0 amide bonds. The number of methoxy groups -OCH3 is 1. The standard InChI is InChI=1S/C10H11F3N2O2/c1-17-9(16)7-4-6(14)2-3-8(7)15-5-10(11,12)13/h2-4,15H,5,14H2,1H3. The average molecular weight is 248 g/mol. The first-order chi connectivity index (χ1) is 7.83. The first-order valence-corrected chi connectivity index (χ1v) is 4.62. The van der Waals surface area contributed by atoms with Gasteiger partial charge in [-0.2, -0.15) is 13.2 Å². The van der Waals surface area contributed by atoms with Crippen molar-refractivity contribution in [2.45, 2.75) is 6.18 Å². The van der Waals surface area contributed by atoms with E-state index in [4.69, 9.17) is 5.73 Å². The van der Waals surface area contributed by atoms with Gasteiger partial charge in [-0.1, -0.05) is 0 Å². The fourth-order valence-corrected chi connectivity index (χ4v) is 1.19. The molecule has 0 radical (unpaired) electrons. The van der Waals surface area contributed by atoms with E-state index in [1.54, 1.807) is 0 Å². The molecular formula is C10H11F3N2O2. The van der Waals surface area contributed by atoms with Gasteiger partial charge in [0.15, 0.2) is 0 Å². The minimum atomic E-state index is -4.37. The summed E-state index contributed by atoms with van der Waals surface area (Å²) in [4.78, 5) is 11.3. The predicted octanol–water partition coefficient (Wildman–Crippen LogP) is 2.03. The summed E-state index contributed by atoms with van der Waals surface area (Å²) in [6.45, 7) is -1.24. The second kappa shape index (κ2) is 4.94. The van der Waals surface area contributed by atoms with Gasteiger partial charge in [-0.15, -0.1) is 0 Å². The number of ether oxygens (including phenoxy) is 1. The molecule has 0 aromatic heterocycles. The molecule has 1 rings (SSSR count). The van der Waals surface area contributed by atoms with Crippen LogP contribution in [0.1, 0.15) is 10.4 Å². The molecule has 1 aromatic rings. The monoisotopic (exact) mass is 248 g/mol. The number of esters is 1. The zero-order chi connectivity index (χ0) is 13.1. The number of hydrogen-bond donors (Lipinski definition) is 2. The molecule has 17 heavy (non-hydrogen) atoms. The SMILES string of the molecule is COC(=O)c1cc(N)ccc1NCC(F)(F)F. The van der Waals surface area contributed by atoms with Crippen molar-refractivity contribution in [1.82, 2.24) is 0 Å². The largest absolute Gasteiger partial charge is 0.465 e. The van der Waals surface area contributed by atoms with Gasteiger partial charge in [0.1, 0.15) is 6.54 Å². The Morgan fingerprint density at radius 2 is 2.12 bits per heavy atom. The summed E-state index contributed by atoms with van der Waals surface area (Å²) in [5.41, 5.74) is 5.71. The third kappa shape index (κ3) is 3.86. The number of nitrogen functional groups attached to an aromatic ring is 1. The Balaban J connectivity index is 2.94. The van der Waals surface area contributed by atoms with Crippen LogP contribution in [-0.4, -0.2) is 25.8 Å². The molecule has 0 unspecified atom stereocenters. The molecule has 0 saturated carbocycles. The number of nitrogens with one attached hydrogen (secondary N) is 1. The summed E-state index contributed by atoms with van der Waals surface area (Å²) in [5.74, 6) is -0.748. The second-order valence-corrected chi connectivity index (χ2v) is 3.27. The van der Waals surface area contributed by atoms with Crippen molar-refractivity contribution in [3.05, 3.63) is 23.8 Å². The van der Waals surface area contributed by atoms with Gasteiger partial charge in [0.05, 0.1) is 12.7 Å². The Morgan fingerprint density at radius 3 is 2.65 bits per heavy atom. The Labute approximate surface area is 95.6 Å². The Morgan fingerprint density at radius 1 is 1.47 bits per heavy atom. The van der Waals surface area contributed by atoms with Crippen molar-refractivity contribution >= 4 is 17.3 Å². The van der Waals surface area contributed by atoms with Crippen molar-refractivity contribution in [2.24, 2.45) is 0 Å². The number of alkyl halides is 3. The van der Waals surface area contributed by atoms with Gasteiger partial charge in [-0.05, 0) is 18.2 Å². The summed E-state index contributed by atoms with van der Waals surface area (Å²) in [7, 11) is 1.14. The first kappa shape index (κ1) is 13.1. The summed E-state index contributed by atoms with van der Waals surface area (Å²) in [6, 6.07) is 3.95. The van der Waals surface area contributed by atoms with Crippen LogP contribution in [0.15, 0.2) is 18.2 Å². The van der Waals surface area contributed by atoms with Gasteiger partial charge in [0, 0.05) is 11.4 Å². The van der Waals surface area contributed by atoms with E-state index in [1.165, 1.54) is 18.2 Å². The highest BCUT2D eigenvalue weighted by atomic mass is 19.4. The average Bonchev–Trinajstić information content (AvgIpc) is 2.25. The molecule has 0 fully saturated rings. The lowest BCUT2D eigenvalue weighted by atomic mass is 10.1. The molecule has 7 heteroatoms. The molecule has 3 N–H and O–H groups in total. The van der Waals surface area contributed by atoms with E-state index in [0.717, 1.165) is 7.11 Å². The van der Waals surface area contributed by atoms with Gasteiger partial charge >= 0.3 is 12.1 Å². The van der Waals surface area contributed by atoms with Crippen LogP contribution in [0.25, 0.3) is 0 Å². The molecule has 0 spiro atoms. The molecule has 0 aliphatic rings. The van der Waals surface area contributed by atoms with Gasteiger partial charge < -0.3 is 15.8 Å². The lowest BCUT2D eigenvalue weighted by molar-refractivity contribution is -0.115. The zero-order valence-corrected chi connectivity index (χ0v) is 8.97. The molecule has 94 valence electrons. The van der Waals surface area contributed by atoms with Crippen LogP contribution in [-0.2, 0) is 4.74 Å². The Kier molecular flexibility index (Phi) is 3.82. The molecule has 0 aliphatic heterocycles. The number of carbonyl (C=O) groups is 1. The minimum absolute atomic E-state index is 0.0308. The van der Waals surface area contributed by atoms with E-state index < -0.39 is 18.7 Å². The van der Waals surface area contributed by atoms with Crippen LogP contribution in [0, 0.1) is 0 Å². The van der Waals surface area contributed by atoms with E-state index in [0.29, 0.717) is 0 Å². The normalized spacial score (nSPS) is 11.1. The minimum Gasteiger partial charge on any atom is -0.465 e. The van der Waals surface area contributed by atoms with Crippen molar-refractivity contribution in [3.8, 4) is 0 Å². The molecule has 0 heterocycles. The molecule has 0 saturated heterocycles. The summed E-state index contributed by atoms with van der Waals surface area (Å²) in [6.07, 6.45) is -4.37. The molecule has 0 aliphatic carbocycles. The van der Waals surface area contributed by atoms with Crippen LogP contribution in [0.4, 0.5) is 24.5 Å². The number of rotatable bonds is 3. The molecule has 4 nitrogen and oxygen atoms in total. The maximum Gasteiger partial charge on any atom is 0.405 e. The summed E-state index contributed by atoms with van der Waals surface area (Å²) >= 11 is 0. The third-order valence-corrected chi connectivity index (χ3v) is 1.93. The van der Waals surface area contributed by atoms with Crippen LogP contribution in [0.2, 0.25) is 0 Å². The topological polar surface area (TPSA) is 64.3 Å². The number of carbonyl (C=O) groups excluding carboxylic acids is 1. The van der Waals surface area contributed by atoms with Crippen molar-refractivity contribution < 1.29 is 22.7 Å². The van der Waals surface area contributed by atoms with E-state index >= 15 is 0 Å². The molecular weight excluding hydrogens is 237 g/mol. The first-order valence-electron chi connectivity index (χ1n) is 4.62. The van der Waals surface area contributed by atoms with E-state index in [9.17, 15) is 18.0 Å². The Bertz CT molecular complexity index is 419. The van der Waals surface area contributed by atoms with E-state index in [2.05, 4.69) is 10.1 Å². The van der Waals surface area contributed by atoms with Crippen LogP contribution >= 0.6 is 0 Å². The number of benzene rings is 1. The lowest BCUT2D eigenvalue weighted by Gasteiger charge is -2.13. The lowest BCUT2D eigenvalue weighted by Crippen LogP contribution is -2.22. The molecule has 1 aromatic carbocycles. The highest BCUT2D eigenvalue weighted by Crippen LogP contribution is 2.22. The summed E-state index contributed by atoms with van der Waals surface area (Å²) in [5, 5.41) is 2.11. The van der Waals surface area contributed by atoms with Crippen molar-refractivity contribution in [3.63, 3.8) is 0 Å². The fraction of sp³-hybridized carbons (Fsp3) is 0.300. The van der Waals surface area contributed by atoms with Gasteiger partial charge in [0.25, 0.3) is 0 Å². The van der Waals surface area contributed by atoms with Gasteiger partial charge in [-0.3, -0.25) is 0 Å². The van der Waals surface area contributed by atoms with E-state index in [1.807, 2.05) is 0 Å². The van der Waals surface area contributed by atoms with Crippen molar-refractivity contribution in [1.29, 1.82) is 0 Å². The zero-order valence-electron chi connectivity index (χ0n) is 8.97. The number of hydrogen-bond acceptors (Lipinski definition) is 4. The molecule has 0 bridgehead atoms. The number of anilines is 2.